The average molecular weight is 198 g/mol. The molecule has 1 atom stereocenters. The number of imidazole rings is 1. The van der Waals surface area contributed by atoms with E-state index >= 15 is 0 Å². The Hall–Kier alpha value is -0.860. The number of fused-ring (bicyclic) bond motifs is 1. The first-order chi connectivity index (χ1) is 6.81. The van der Waals surface area contributed by atoms with Gasteiger partial charge in [0.2, 0.25) is 5.95 Å². The van der Waals surface area contributed by atoms with Gasteiger partial charge in [-0.15, -0.1) is 0 Å². The van der Waals surface area contributed by atoms with Gasteiger partial charge in [0, 0.05) is 13.0 Å². The van der Waals surface area contributed by atoms with Crippen LogP contribution in [0.4, 0.5) is 4.39 Å². The Morgan fingerprint density at radius 2 is 2.29 bits per heavy atom. The second kappa shape index (κ2) is 5.13. The van der Waals surface area contributed by atoms with Gasteiger partial charge in [-0.2, -0.15) is 4.39 Å². The Labute approximate surface area is 85.2 Å². The summed E-state index contributed by atoms with van der Waals surface area (Å²) in [7, 11) is 0. The standard InChI is InChI=1S/C9H13FN2.C2H6/c1-2-7-3-4-12-8(10)6-11-9(12)5-7;1-2/h6-7H,2-5H2,1H3;1-2H3. The van der Waals surface area contributed by atoms with Gasteiger partial charge in [0.25, 0.3) is 0 Å². The molecule has 0 amide bonds. The molecule has 0 aromatic carbocycles. The predicted molar refractivity (Wildman–Crippen MR) is 55.6 cm³/mol. The molecule has 0 fully saturated rings. The number of halogens is 1. The van der Waals surface area contributed by atoms with Crippen LogP contribution in [0.3, 0.4) is 0 Å². The number of aromatic nitrogens is 2. The van der Waals surface area contributed by atoms with Crippen LogP contribution in [0.5, 0.6) is 0 Å². The lowest BCUT2D eigenvalue weighted by molar-refractivity contribution is 0.344. The van der Waals surface area contributed by atoms with Crippen molar-refractivity contribution in [3.8, 4) is 0 Å². The van der Waals surface area contributed by atoms with Crippen molar-refractivity contribution in [1.29, 1.82) is 0 Å². The molecule has 2 rings (SSSR count). The van der Waals surface area contributed by atoms with Crippen LogP contribution >= 0.6 is 0 Å². The third-order valence-corrected chi connectivity index (χ3v) is 2.70. The van der Waals surface area contributed by atoms with Crippen LogP contribution in [-0.4, -0.2) is 9.55 Å². The summed E-state index contributed by atoms with van der Waals surface area (Å²) in [5.74, 6) is 1.45. The van der Waals surface area contributed by atoms with Gasteiger partial charge in [-0.3, -0.25) is 0 Å². The first-order valence-electron chi connectivity index (χ1n) is 5.51. The molecule has 0 radical (unpaired) electrons. The summed E-state index contributed by atoms with van der Waals surface area (Å²) >= 11 is 0. The van der Waals surface area contributed by atoms with Gasteiger partial charge < -0.3 is 4.57 Å². The molecule has 1 aromatic rings. The highest BCUT2D eigenvalue weighted by Gasteiger charge is 2.20. The van der Waals surface area contributed by atoms with Crippen LogP contribution in [0.25, 0.3) is 0 Å². The van der Waals surface area contributed by atoms with E-state index in [-0.39, 0.29) is 5.95 Å². The Morgan fingerprint density at radius 1 is 1.57 bits per heavy atom. The van der Waals surface area contributed by atoms with Crippen molar-refractivity contribution in [3.63, 3.8) is 0 Å². The summed E-state index contributed by atoms with van der Waals surface area (Å²) < 4.78 is 14.6. The summed E-state index contributed by atoms with van der Waals surface area (Å²) in [4.78, 5) is 4.04. The maximum Gasteiger partial charge on any atom is 0.213 e. The highest BCUT2D eigenvalue weighted by atomic mass is 19.1. The summed E-state index contributed by atoms with van der Waals surface area (Å²) in [6, 6.07) is 0. The largest absolute Gasteiger partial charge is 0.305 e. The maximum absolute atomic E-state index is 13.0. The quantitative estimate of drug-likeness (QED) is 0.678. The van der Waals surface area contributed by atoms with Crippen LogP contribution in [0.2, 0.25) is 0 Å². The third-order valence-electron chi connectivity index (χ3n) is 2.70. The van der Waals surface area contributed by atoms with E-state index in [0.717, 1.165) is 25.2 Å². The zero-order valence-electron chi connectivity index (χ0n) is 9.26. The van der Waals surface area contributed by atoms with Crippen molar-refractivity contribution in [2.24, 2.45) is 5.92 Å². The van der Waals surface area contributed by atoms with Crippen LogP contribution in [-0.2, 0) is 13.0 Å². The highest BCUT2D eigenvalue weighted by molar-refractivity contribution is 4.98. The Bertz CT molecular complexity index is 281. The topological polar surface area (TPSA) is 17.8 Å². The number of hydrogen-bond donors (Lipinski definition) is 0. The van der Waals surface area contributed by atoms with Crippen molar-refractivity contribution in [2.45, 2.75) is 46.6 Å². The van der Waals surface area contributed by atoms with Gasteiger partial charge in [0.05, 0.1) is 6.20 Å². The molecule has 2 heterocycles. The van der Waals surface area contributed by atoms with Crippen molar-refractivity contribution >= 4 is 0 Å². The first-order valence-corrected chi connectivity index (χ1v) is 5.51. The van der Waals surface area contributed by atoms with E-state index < -0.39 is 0 Å². The minimum absolute atomic E-state index is 0.181. The van der Waals surface area contributed by atoms with Crippen molar-refractivity contribution in [1.82, 2.24) is 9.55 Å². The lowest BCUT2D eigenvalue weighted by Crippen LogP contribution is -2.19. The minimum atomic E-state index is -0.181. The second-order valence-electron chi connectivity index (χ2n) is 3.42. The fourth-order valence-electron chi connectivity index (χ4n) is 1.81. The van der Waals surface area contributed by atoms with Crippen LogP contribution < -0.4 is 0 Å². The van der Waals surface area contributed by atoms with E-state index in [9.17, 15) is 4.39 Å². The number of nitrogens with zero attached hydrogens (tertiary/aromatic N) is 2. The highest BCUT2D eigenvalue weighted by Crippen LogP contribution is 2.22. The van der Waals surface area contributed by atoms with Crippen LogP contribution in [0, 0.1) is 11.9 Å². The molecule has 0 saturated heterocycles. The van der Waals surface area contributed by atoms with Crippen LogP contribution in [0.1, 0.15) is 39.4 Å². The van der Waals surface area contributed by atoms with E-state index in [2.05, 4.69) is 11.9 Å². The third kappa shape index (κ3) is 2.14. The number of hydrogen-bond acceptors (Lipinski definition) is 1. The first kappa shape index (κ1) is 11.2. The maximum atomic E-state index is 13.0. The zero-order chi connectivity index (χ0) is 10.6. The summed E-state index contributed by atoms with van der Waals surface area (Å²) in [6.07, 6.45) is 4.54. The molecule has 0 bridgehead atoms. The molecule has 14 heavy (non-hydrogen) atoms. The molecule has 0 saturated carbocycles. The lowest BCUT2D eigenvalue weighted by Gasteiger charge is -2.21. The van der Waals surface area contributed by atoms with E-state index in [1.54, 1.807) is 4.57 Å². The zero-order valence-corrected chi connectivity index (χ0v) is 9.26. The molecule has 0 spiro atoms. The van der Waals surface area contributed by atoms with Crippen molar-refractivity contribution in [3.05, 3.63) is 18.0 Å². The molecule has 2 nitrogen and oxygen atoms in total. The van der Waals surface area contributed by atoms with Gasteiger partial charge in [0.1, 0.15) is 5.82 Å². The molecule has 1 aromatic heterocycles. The van der Waals surface area contributed by atoms with Gasteiger partial charge in [-0.05, 0) is 12.3 Å². The molecular weight excluding hydrogens is 179 g/mol. The fraction of sp³-hybridized carbons (Fsp3) is 0.727. The molecule has 0 aliphatic carbocycles. The lowest BCUT2D eigenvalue weighted by atomic mass is 9.95. The van der Waals surface area contributed by atoms with E-state index in [1.165, 1.54) is 12.6 Å². The molecule has 3 heteroatoms. The van der Waals surface area contributed by atoms with E-state index in [0.29, 0.717) is 5.92 Å². The summed E-state index contributed by atoms with van der Waals surface area (Å²) in [5, 5.41) is 0. The smallest absolute Gasteiger partial charge is 0.213 e. The molecule has 1 aliphatic rings. The van der Waals surface area contributed by atoms with Gasteiger partial charge in [0.15, 0.2) is 0 Å². The summed E-state index contributed by atoms with van der Waals surface area (Å²) in [6.45, 7) is 6.99. The van der Waals surface area contributed by atoms with Gasteiger partial charge in [-0.25, -0.2) is 4.98 Å². The Balaban J connectivity index is 0.000000461. The normalized spacial score (nSPS) is 19.6. The van der Waals surface area contributed by atoms with Crippen LogP contribution in [0.15, 0.2) is 6.20 Å². The minimum Gasteiger partial charge on any atom is -0.305 e. The SMILES string of the molecule is CC.CCC1CCn2c(F)cnc2C1. The monoisotopic (exact) mass is 198 g/mol. The molecule has 1 unspecified atom stereocenters. The molecule has 0 N–H and O–H groups in total. The van der Waals surface area contributed by atoms with Crippen molar-refractivity contribution < 1.29 is 4.39 Å². The fourth-order valence-corrected chi connectivity index (χ4v) is 1.81. The Morgan fingerprint density at radius 3 is 2.93 bits per heavy atom. The molecule has 1 aliphatic heterocycles. The Kier molecular flexibility index (Phi) is 4.11. The van der Waals surface area contributed by atoms with E-state index in [1.807, 2.05) is 13.8 Å². The molecule has 80 valence electrons. The van der Waals surface area contributed by atoms with Crippen molar-refractivity contribution in [2.75, 3.05) is 0 Å². The summed E-state index contributed by atoms with van der Waals surface area (Å²) in [5.41, 5.74) is 0. The van der Waals surface area contributed by atoms with E-state index in [4.69, 9.17) is 0 Å². The van der Waals surface area contributed by atoms with Gasteiger partial charge in [-0.1, -0.05) is 27.2 Å². The number of rotatable bonds is 1. The average Bonchev–Trinajstić information content (AvgIpc) is 2.63. The predicted octanol–water partition coefficient (Wildman–Crippen LogP) is 3.02. The van der Waals surface area contributed by atoms with Gasteiger partial charge >= 0.3 is 0 Å². The molecular formula is C11H19FN2. The second-order valence-corrected chi connectivity index (χ2v) is 3.42.